The Morgan fingerprint density at radius 1 is 1.06 bits per heavy atom. The number of thiazole rings is 1. The van der Waals surface area contributed by atoms with Crippen molar-refractivity contribution >= 4 is 55.7 Å². The number of nitrogens with zero attached hydrogens (tertiary/aromatic N) is 2. The third-order valence-corrected chi connectivity index (χ3v) is 6.76. The monoisotopic (exact) mass is 478 g/mol. The number of hydrogen-bond acceptors (Lipinski definition) is 5. The van der Waals surface area contributed by atoms with Crippen LogP contribution >= 0.6 is 22.9 Å². The van der Waals surface area contributed by atoms with Gasteiger partial charge in [0.15, 0.2) is 5.13 Å². The Balaban J connectivity index is 1.73. The van der Waals surface area contributed by atoms with E-state index in [1.54, 1.807) is 24.3 Å². The number of halogens is 2. The minimum atomic E-state index is -0.970. The number of hydrogen-bond donors (Lipinski definition) is 1. The van der Waals surface area contributed by atoms with Crippen LogP contribution in [-0.4, -0.2) is 21.8 Å². The zero-order chi connectivity index (χ0) is 23.3. The van der Waals surface area contributed by atoms with Crippen LogP contribution in [0.5, 0.6) is 0 Å². The molecule has 164 valence electrons. The minimum Gasteiger partial charge on any atom is -0.507 e. The Kier molecular flexibility index (Phi) is 5.23. The Morgan fingerprint density at radius 3 is 2.45 bits per heavy atom. The van der Waals surface area contributed by atoms with Gasteiger partial charge in [-0.05, 0) is 66.6 Å². The number of amides is 1. The standard InChI is InChI=1S/C25H16ClFN2O3S/c1-13-2-11-18-19(12-13)33-25(28-18)29-21(14-5-9-17(27)10-6-14)20(23(31)24(29)32)22(30)15-3-7-16(26)8-4-15/h2-12,21,30H,1H3. The largest absolute Gasteiger partial charge is 0.507 e. The summed E-state index contributed by atoms with van der Waals surface area (Å²) in [6.07, 6.45) is 0. The van der Waals surface area contributed by atoms with Crippen LogP contribution in [-0.2, 0) is 9.59 Å². The van der Waals surface area contributed by atoms with Crippen LogP contribution in [0, 0.1) is 12.7 Å². The molecular weight excluding hydrogens is 463 g/mol. The zero-order valence-corrected chi connectivity index (χ0v) is 18.8. The summed E-state index contributed by atoms with van der Waals surface area (Å²) in [7, 11) is 0. The van der Waals surface area contributed by atoms with E-state index in [4.69, 9.17) is 11.6 Å². The van der Waals surface area contributed by atoms with Crippen LogP contribution in [0.4, 0.5) is 9.52 Å². The predicted molar refractivity (Wildman–Crippen MR) is 127 cm³/mol. The topological polar surface area (TPSA) is 70.5 Å². The van der Waals surface area contributed by atoms with Crippen molar-refractivity contribution in [3.8, 4) is 0 Å². The van der Waals surface area contributed by atoms with Crippen LogP contribution in [0.3, 0.4) is 0 Å². The van der Waals surface area contributed by atoms with E-state index in [1.165, 1.54) is 40.5 Å². The molecule has 1 saturated heterocycles. The summed E-state index contributed by atoms with van der Waals surface area (Å²) in [4.78, 5) is 32.2. The van der Waals surface area contributed by atoms with Gasteiger partial charge in [-0.1, -0.05) is 41.1 Å². The number of anilines is 1. The molecule has 1 aliphatic heterocycles. The molecule has 0 saturated carbocycles. The van der Waals surface area contributed by atoms with Gasteiger partial charge in [-0.15, -0.1) is 0 Å². The fraction of sp³-hybridized carbons (Fsp3) is 0.0800. The highest BCUT2D eigenvalue weighted by Gasteiger charge is 2.48. The average Bonchev–Trinajstić information content (AvgIpc) is 3.32. The lowest BCUT2D eigenvalue weighted by atomic mass is 9.95. The Bertz CT molecular complexity index is 1450. The Labute approximate surface area is 197 Å². The summed E-state index contributed by atoms with van der Waals surface area (Å²) >= 11 is 7.22. The molecule has 8 heteroatoms. The van der Waals surface area contributed by atoms with E-state index in [0.29, 0.717) is 26.8 Å². The van der Waals surface area contributed by atoms with Gasteiger partial charge in [0.25, 0.3) is 5.78 Å². The van der Waals surface area contributed by atoms with Crippen molar-refractivity contribution in [2.24, 2.45) is 0 Å². The molecule has 1 amide bonds. The number of aliphatic hydroxyl groups is 1. The number of benzene rings is 3. The Morgan fingerprint density at radius 2 is 1.76 bits per heavy atom. The molecule has 1 atom stereocenters. The minimum absolute atomic E-state index is 0.0932. The molecule has 2 heterocycles. The van der Waals surface area contributed by atoms with Gasteiger partial charge in [0.2, 0.25) is 0 Å². The molecule has 0 bridgehead atoms. The first kappa shape index (κ1) is 21.3. The van der Waals surface area contributed by atoms with E-state index in [0.717, 1.165) is 10.3 Å². The van der Waals surface area contributed by atoms with Crippen molar-refractivity contribution < 1.29 is 19.1 Å². The third kappa shape index (κ3) is 3.69. The molecule has 1 N–H and O–H groups in total. The number of rotatable bonds is 3. The van der Waals surface area contributed by atoms with Crippen LogP contribution in [0.1, 0.15) is 22.7 Å². The van der Waals surface area contributed by atoms with Gasteiger partial charge in [0.1, 0.15) is 11.6 Å². The number of aliphatic hydroxyl groups excluding tert-OH is 1. The molecule has 0 radical (unpaired) electrons. The molecule has 1 fully saturated rings. The summed E-state index contributed by atoms with van der Waals surface area (Å²) in [5.41, 5.74) is 2.45. The number of aryl methyl sites for hydroxylation is 1. The third-order valence-electron chi connectivity index (χ3n) is 5.49. The zero-order valence-electron chi connectivity index (χ0n) is 17.3. The molecule has 4 aromatic rings. The smallest absolute Gasteiger partial charge is 0.301 e. The van der Waals surface area contributed by atoms with Gasteiger partial charge in [0.05, 0.1) is 21.8 Å². The average molecular weight is 479 g/mol. The quantitative estimate of drug-likeness (QED) is 0.222. The maximum absolute atomic E-state index is 13.7. The fourth-order valence-corrected chi connectivity index (χ4v) is 5.09. The highest BCUT2D eigenvalue weighted by atomic mass is 35.5. The summed E-state index contributed by atoms with van der Waals surface area (Å²) in [6, 6.07) is 16.5. The van der Waals surface area contributed by atoms with Crippen molar-refractivity contribution in [3.05, 3.63) is 99.8 Å². The molecule has 0 spiro atoms. The van der Waals surface area contributed by atoms with E-state index < -0.39 is 23.5 Å². The number of carbonyl (C=O) groups excluding carboxylic acids is 2. The number of Topliss-reactive ketones (excluding diaryl/α,β-unsaturated/α-hetero) is 1. The molecule has 5 rings (SSSR count). The summed E-state index contributed by atoms with van der Waals surface area (Å²) in [5.74, 6) is -2.44. The summed E-state index contributed by atoms with van der Waals surface area (Å²) in [6.45, 7) is 1.95. The fourth-order valence-electron chi connectivity index (χ4n) is 3.88. The molecule has 1 aromatic heterocycles. The molecule has 1 unspecified atom stereocenters. The van der Waals surface area contributed by atoms with Crippen LogP contribution in [0.25, 0.3) is 16.0 Å². The first-order valence-electron chi connectivity index (χ1n) is 10.0. The second-order valence-electron chi connectivity index (χ2n) is 7.70. The van der Waals surface area contributed by atoms with Crippen molar-refractivity contribution in [1.82, 2.24) is 4.98 Å². The number of ketones is 1. The van der Waals surface area contributed by atoms with Crippen molar-refractivity contribution in [2.75, 3.05) is 4.90 Å². The number of carbonyl (C=O) groups is 2. The molecule has 3 aromatic carbocycles. The van der Waals surface area contributed by atoms with Crippen LogP contribution < -0.4 is 4.90 Å². The highest BCUT2D eigenvalue weighted by molar-refractivity contribution is 7.22. The maximum Gasteiger partial charge on any atom is 0.301 e. The van der Waals surface area contributed by atoms with Gasteiger partial charge in [-0.2, -0.15) is 0 Å². The summed E-state index contributed by atoms with van der Waals surface area (Å²) < 4.78 is 14.5. The number of fused-ring (bicyclic) bond motifs is 1. The van der Waals surface area contributed by atoms with E-state index in [2.05, 4.69) is 4.98 Å². The van der Waals surface area contributed by atoms with Crippen molar-refractivity contribution in [1.29, 1.82) is 0 Å². The normalized spacial score (nSPS) is 17.8. The molecule has 1 aliphatic rings. The van der Waals surface area contributed by atoms with Crippen molar-refractivity contribution in [3.63, 3.8) is 0 Å². The van der Waals surface area contributed by atoms with E-state index in [-0.39, 0.29) is 11.3 Å². The van der Waals surface area contributed by atoms with Gasteiger partial charge in [-0.3, -0.25) is 14.5 Å². The SMILES string of the molecule is Cc1ccc2nc(N3C(=O)C(=O)C(=C(O)c4ccc(Cl)cc4)C3c3ccc(F)cc3)sc2c1. The van der Waals surface area contributed by atoms with Crippen molar-refractivity contribution in [2.45, 2.75) is 13.0 Å². The number of aromatic nitrogens is 1. The van der Waals surface area contributed by atoms with Gasteiger partial charge < -0.3 is 5.11 Å². The van der Waals surface area contributed by atoms with E-state index in [1.807, 2.05) is 25.1 Å². The van der Waals surface area contributed by atoms with Gasteiger partial charge in [-0.25, -0.2) is 9.37 Å². The predicted octanol–water partition coefficient (Wildman–Crippen LogP) is 6.02. The molecule has 0 aliphatic carbocycles. The second-order valence-corrected chi connectivity index (χ2v) is 9.14. The maximum atomic E-state index is 13.7. The van der Waals surface area contributed by atoms with E-state index >= 15 is 0 Å². The lowest BCUT2D eigenvalue weighted by molar-refractivity contribution is -0.132. The Hall–Kier alpha value is -3.55. The summed E-state index contributed by atoms with van der Waals surface area (Å²) in [5, 5.41) is 11.9. The lowest BCUT2D eigenvalue weighted by Crippen LogP contribution is -2.29. The highest BCUT2D eigenvalue weighted by Crippen LogP contribution is 2.44. The van der Waals surface area contributed by atoms with E-state index in [9.17, 15) is 19.1 Å². The second kappa shape index (κ2) is 8.10. The first-order chi connectivity index (χ1) is 15.8. The lowest BCUT2D eigenvalue weighted by Gasteiger charge is -2.23. The molecule has 5 nitrogen and oxygen atoms in total. The van der Waals surface area contributed by atoms with Gasteiger partial charge >= 0.3 is 5.91 Å². The molecular formula is C25H16ClFN2O3S. The molecule has 33 heavy (non-hydrogen) atoms. The van der Waals surface area contributed by atoms with Crippen LogP contribution in [0.2, 0.25) is 5.02 Å². The van der Waals surface area contributed by atoms with Crippen LogP contribution in [0.15, 0.2) is 72.3 Å². The first-order valence-corrected chi connectivity index (χ1v) is 11.2. The van der Waals surface area contributed by atoms with Gasteiger partial charge in [0, 0.05) is 10.6 Å².